The number of carbonyl (C=O) groups excluding carboxylic acids is 1. The summed E-state index contributed by atoms with van der Waals surface area (Å²) < 4.78 is 5.60. The number of fused-ring (bicyclic) bond motifs is 1. The number of hydrogen-bond donors (Lipinski definition) is 1. The Morgan fingerprint density at radius 1 is 1.47 bits per heavy atom. The molecule has 19 heavy (non-hydrogen) atoms. The van der Waals surface area contributed by atoms with E-state index in [0.29, 0.717) is 29.5 Å². The lowest BCUT2D eigenvalue weighted by molar-refractivity contribution is 0.0830. The fourth-order valence-electron chi connectivity index (χ4n) is 2.04. The number of carbonyl (C=O) groups is 1. The number of ketones is 1. The third kappa shape index (κ3) is 4.10. The zero-order valence-electron chi connectivity index (χ0n) is 10.9. The fourth-order valence-corrected chi connectivity index (χ4v) is 2.21. The third-order valence-electron chi connectivity index (χ3n) is 3.12. The largest absolute Gasteiger partial charge is 0.492 e. The van der Waals surface area contributed by atoms with Crippen LogP contribution in [-0.4, -0.2) is 25.5 Å². The molecule has 1 aromatic carbocycles. The summed E-state index contributed by atoms with van der Waals surface area (Å²) >= 11 is 5.91. The molecule has 1 atom stereocenters. The number of benzene rings is 1. The van der Waals surface area contributed by atoms with Gasteiger partial charge in [0.25, 0.3) is 0 Å². The van der Waals surface area contributed by atoms with Crippen LogP contribution in [0.5, 0.6) is 5.75 Å². The Balaban J connectivity index is 0.00000180. The lowest BCUT2D eigenvalue weighted by atomic mass is 9.95. The number of Topliss-reactive ketones (excluding diaryl/α,β-unsaturated/α-hetero) is 1. The first kappa shape index (κ1) is 16.3. The molecule has 3 nitrogen and oxygen atoms in total. The van der Waals surface area contributed by atoms with E-state index in [-0.39, 0.29) is 24.1 Å². The molecule has 0 aliphatic carbocycles. The number of halogens is 2. The Labute approximate surface area is 125 Å². The zero-order valence-corrected chi connectivity index (χ0v) is 12.5. The van der Waals surface area contributed by atoms with E-state index in [1.807, 2.05) is 0 Å². The van der Waals surface area contributed by atoms with Gasteiger partial charge in [-0.1, -0.05) is 24.9 Å². The first-order valence-corrected chi connectivity index (χ1v) is 6.77. The van der Waals surface area contributed by atoms with E-state index in [0.717, 1.165) is 19.4 Å². The molecular weight excluding hydrogens is 285 g/mol. The maximum absolute atomic E-state index is 12.3. The van der Waals surface area contributed by atoms with Crippen molar-refractivity contribution in [2.24, 2.45) is 5.92 Å². The van der Waals surface area contributed by atoms with Gasteiger partial charge in [0.2, 0.25) is 0 Å². The highest BCUT2D eigenvalue weighted by Gasteiger charge is 2.28. The van der Waals surface area contributed by atoms with E-state index in [9.17, 15) is 4.79 Å². The molecule has 0 amide bonds. The Morgan fingerprint density at radius 2 is 2.26 bits per heavy atom. The van der Waals surface area contributed by atoms with Crippen LogP contribution in [0.2, 0.25) is 5.02 Å². The molecule has 106 valence electrons. The van der Waals surface area contributed by atoms with Crippen LogP contribution in [0.3, 0.4) is 0 Å². The first-order valence-electron chi connectivity index (χ1n) is 6.39. The van der Waals surface area contributed by atoms with Crippen LogP contribution < -0.4 is 10.1 Å². The smallest absolute Gasteiger partial charge is 0.174 e. The summed E-state index contributed by atoms with van der Waals surface area (Å²) in [5.74, 6) is 0.671. The Bertz CT molecular complexity index is 437. The number of ether oxygens (including phenoxy) is 1. The number of nitrogens with one attached hydrogen (secondary N) is 1. The topological polar surface area (TPSA) is 38.3 Å². The summed E-state index contributed by atoms with van der Waals surface area (Å²) in [6.45, 7) is 4.22. The van der Waals surface area contributed by atoms with Gasteiger partial charge in [0, 0.05) is 11.6 Å². The summed E-state index contributed by atoms with van der Waals surface area (Å²) in [4.78, 5) is 12.3. The Morgan fingerprint density at radius 3 is 3.00 bits per heavy atom. The van der Waals surface area contributed by atoms with Crippen LogP contribution >= 0.6 is 24.0 Å². The van der Waals surface area contributed by atoms with Gasteiger partial charge in [-0.2, -0.15) is 0 Å². The number of rotatable bonds is 5. The minimum Gasteiger partial charge on any atom is -0.492 e. The fraction of sp³-hybridized carbons (Fsp3) is 0.500. The second kappa shape index (κ2) is 7.73. The first-order chi connectivity index (χ1) is 8.72. The van der Waals surface area contributed by atoms with Crippen molar-refractivity contribution >= 4 is 29.8 Å². The minimum atomic E-state index is -0.104. The van der Waals surface area contributed by atoms with Gasteiger partial charge < -0.3 is 10.1 Å². The quantitative estimate of drug-likeness (QED) is 0.848. The summed E-state index contributed by atoms with van der Waals surface area (Å²) in [6.07, 6.45) is 2.28. The lowest BCUT2D eigenvalue weighted by Crippen LogP contribution is -2.36. The van der Waals surface area contributed by atoms with Crippen molar-refractivity contribution in [1.82, 2.24) is 5.32 Å². The third-order valence-corrected chi connectivity index (χ3v) is 3.35. The van der Waals surface area contributed by atoms with Gasteiger partial charge in [0.05, 0.1) is 18.1 Å². The summed E-state index contributed by atoms with van der Waals surface area (Å²) in [7, 11) is 0. The highest BCUT2D eigenvalue weighted by molar-refractivity contribution is 6.31. The summed E-state index contributed by atoms with van der Waals surface area (Å²) in [5, 5.41) is 3.87. The molecule has 0 saturated heterocycles. The minimum absolute atomic E-state index is 0. The van der Waals surface area contributed by atoms with E-state index < -0.39 is 0 Å². The van der Waals surface area contributed by atoms with E-state index >= 15 is 0 Å². The van der Waals surface area contributed by atoms with Gasteiger partial charge in [0.1, 0.15) is 5.75 Å². The number of hydrogen-bond acceptors (Lipinski definition) is 3. The molecule has 0 radical (unpaired) electrons. The molecule has 0 spiro atoms. The van der Waals surface area contributed by atoms with Crippen LogP contribution in [0.15, 0.2) is 18.2 Å². The molecule has 5 heteroatoms. The van der Waals surface area contributed by atoms with Crippen LogP contribution in [0.4, 0.5) is 0 Å². The van der Waals surface area contributed by atoms with Crippen molar-refractivity contribution in [1.29, 1.82) is 0 Å². The lowest BCUT2D eigenvalue weighted by Gasteiger charge is -2.24. The molecule has 0 saturated carbocycles. The molecule has 0 bridgehead atoms. The highest BCUT2D eigenvalue weighted by Crippen LogP contribution is 2.29. The Kier molecular flexibility index (Phi) is 6.63. The molecule has 0 fully saturated rings. The maximum Gasteiger partial charge on any atom is 0.174 e. The van der Waals surface area contributed by atoms with Crippen molar-refractivity contribution < 1.29 is 9.53 Å². The highest BCUT2D eigenvalue weighted by atomic mass is 35.5. The van der Waals surface area contributed by atoms with Crippen LogP contribution in [0, 0.1) is 5.92 Å². The number of unbranched alkanes of at least 4 members (excludes halogenated alkanes) is 1. The monoisotopic (exact) mass is 303 g/mol. The van der Waals surface area contributed by atoms with E-state index in [1.54, 1.807) is 18.2 Å². The predicted octanol–water partition coefficient (Wildman–Crippen LogP) is 3.34. The van der Waals surface area contributed by atoms with Gasteiger partial charge in [-0.05, 0) is 31.2 Å². The van der Waals surface area contributed by atoms with Crippen LogP contribution in [-0.2, 0) is 0 Å². The van der Waals surface area contributed by atoms with Crippen LogP contribution in [0.1, 0.15) is 30.1 Å². The van der Waals surface area contributed by atoms with Crippen molar-refractivity contribution in [3.63, 3.8) is 0 Å². The average Bonchev–Trinajstić information content (AvgIpc) is 2.38. The SMILES string of the molecule is CCCCNCC1COc2ccc(Cl)cc2C1=O.Cl. The van der Waals surface area contributed by atoms with Gasteiger partial charge in [-0.25, -0.2) is 0 Å². The van der Waals surface area contributed by atoms with Crippen molar-refractivity contribution in [2.75, 3.05) is 19.7 Å². The predicted molar refractivity (Wildman–Crippen MR) is 79.8 cm³/mol. The molecule has 1 unspecified atom stereocenters. The van der Waals surface area contributed by atoms with E-state index in [4.69, 9.17) is 16.3 Å². The van der Waals surface area contributed by atoms with Gasteiger partial charge in [0.15, 0.2) is 5.78 Å². The van der Waals surface area contributed by atoms with E-state index in [1.165, 1.54) is 0 Å². The molecule has 0 aromatic heterocycles. The van der Waals surface area contributed by atoms with Crippen molar-refractivity contribution in [3.8, 4) is 5.75 Å². The van der Waals surface area contributed by atoms with Gasteiger partial charge in [-0.3, -0.25) is 4.79 Å². The second-order valence-corrected chi connectivity index (χ2v) is 5.01. The van der Waals surface area contributed by atoms with Crippen molar-refractivity contribution in [2.45, 2.75) is 19.8 Å². The Hall–Kier alpha value is -0.770. The van der Waals surface area contributed by atoms with Gasteiger partial charge >= 0.3 is 0 Å². The average molecular weight is 304 g/mol. The normalized spacial score (nSPS) is 17.4. The molecule has 1 heterocycles. The molecule has 1 aliphatic heterocycles. The standard InChI is InChI=1S/C14H18ClNO2.ClH/c1-2-3-6-16-8-10-9-18-13-5-4-11(15)7-12(13)14(10)17;/h4-5,7,10,16H,2-3,6,8-9H2,1H3;1H. The molecule has 1 aromatic rings. The molecule has 1 N–H and O–H groups in total. The summed E-state index contributed by atoms with van der Waals surface area (Å²) in [5.41, 5.74) is 0.607. The van der Waals surface area contributed by atoms with Crippen molar-refractivity contribution in [3.05, 3.63) is 28.8 Å². The zero-order chi connectivity index (χ0) is 13.0. The van der Waals surface area contributed by atoms with E-state index in [2.05, 4.69) is 12.2 Å². The molecule has 2 rings (SSSR count). The van der Waals surface area contributed by atoms with Gasteiger partial charge in [-0.15, -0.1) is 12.4 Å². The summed E-state index contributed by atoms with van der Waals surface area (Å²) in [6, 6.07) is 5.20. The molecule has 1 aliphatic rings. The van der Waals surface area contributed by atoms with Crippen LogP contribution in [0.25, 0.3) is 0 Å². The maximum atomic E-state index is 12.3. The molecular formula is C14H19Cl2NO2. The second-order valence-electron chi connectivity index (χ2n) is 4.57.